The lowest BCUT2D eigenvalue weighted by Gasteiger charge is -2.29. The number of fused-ring (bicyclic) bond motifs is 1. The number of thiazole rings is 1. The van der Waals surface area contributed by atoms with Crippen molar-refractivity contribution in [2.24, 2.45) is 4.99 Å². The van der Waals surface area contributed by atoms with Crippen LogP contribution in [0.2, 0.25) is 0 Å². The predicted molar refractivity (Wildman–Crippen MR) is 118 cm³/mol. The van der Waals surface area contributed by atoms with Crippen molar-refractivity contribution >= 4 is 50.5 Å². The van der Waals surface area contributed by atoms with Gasteiger partial charge in [0.1, 0.15) is 17.5 Å². The molecule has 1 fully saturated rings. The second kappa shape index (κ2) is 8.02. The average molecular weight is 412 g/mol. The molecule has 1 aromatic carbocycles. The molecule has 0 radical (unpaired) electrons. The summed E-state index contributed by atoms with van der Waals surface area (Å²) in [6, 6.07) is 8.46. The van der Waals surface area contributed by atoms with Gasteiger partial charge in [-0.05, 0) is 17.7 Å². The van der Waals surface area contributed by atoms with Crippen molar-refractivity contribution in [1.82, 2.24) is 20.3 Å². The maximum atomic E-state index is 4.89. The van der Waals surface area contributed by atoms with Crippen molar-refractivity contribution in [3.8, 4) is 0 Å². The fourth-order valence-electron chi connectivity index (χ4n) is 3.43. The third-order valence-corrected chi connectivity index (χ3v) is 6.50. The molecule has 3 aromatic rings. The van der Waals surface area contributed by atoms with Gasteiger partial charge in [0.2, 0.25) is 0 Å². The highest BCUT2D eigenvalue weighted by Crippen LogP contribution is 2.24. The SMILES string of the molecule is C1=NCC(Nc2cc(N3CCNCC3)nc(Cc3ccc4ncsc4c3)n2)S1. The smallest absolute Gasteiger partial charge is 0.137 e. The molecule has 28 heavy (non-hydrogen) atoms. The van der Waals surface area contributed by atoms with Crippen LogP contribution in [-0.2, 0) is 6.42 Å². The maximum absolute atomic E-state index is 4.89. The summed E-state index contributed by atoms with van der Waals surface area (Å²) in [5.41, 5.74) is 6.05. The first-order valence-electron chi connectivity index (χ1n) is 9.39. The van der Waals surface area contributed by atoms with E-state index >= 15 is 0 Å². The normalized spacial score (nSPS) is 19.4. The van der Waals surface area contributed by atoms with Crippen molar-refractivity contribution in [2.75, 3.05) is 42.9 Å². The van der Waals surface area contributed by atoms with E-state index in [0.29, 0.717) is 6.42 Å². The van der Waals surface area contributed by atoms with Gasteiger partial charge in [0.05, 0.1) is 33.2 Å². The molecule has 0 bridgehead atoms. The molecule has 1 unspecified atom stereocenters. The van der Waals surface area contributed by atoms with Crippen LogP contribution in [-0.4, -0.2) is 58.6 Å². The number of benzene rings is 1. The van der Waals surface area contributed by atoms with Gasteiger partial charge in [-0.3, -0.25) is 4.99 Å². The Labute approximate surface area is 171 Å². The first-order valence-corrected chi connectivity index (χ1v) is 11.2. The molecule has 5 rings (SSSR count). The molecule has 0 aliphatic carbocycles. The highest BCUT2D eigenvalue weighted by atomic mass is 32.2. The van der Waals surface area contributed by atoms with Crippen molar-refractivity contribution in [2.45, 2.75) is 11.8 Å². The van der Waals surface area contributed by atoms with Gasteiger partial charge in [0, 0.05) is 38.7 Å². The van der Waals surface area contributed by atoms with Gasteiger partial charge in [-0.25, -0.2) is 15.0 Å². The number of hydrogen-bond acceptors (Lipinski definition) is 9. The molecule has 0 amide bonds. The first kappa shape index (κ1) is 17.8. The van der Waals surface area contributed by atoms with Crippen molar-refractivity contribution < 1.29 is 0 Å². The van der Waals surface area contributed by atoms with Gasteiger partial charge in [-0.15, -0.1) is 11.3 Å². The average Bonchev–Trinajstić information content (AvgIpc) is 3.40. The monoisotopic (exact) mass is 411 g/mol. The Morgan fingerprint density at radius 3 is 2.96 bits per heavy atom. The van der Waals surface area contributed by atoms with Crippen LogP contribution in [0.1, 0.15) is 11.4 Å². The first-order chi connectivity index (χ1) is 13.8. The summed E-state index contributed by atoms with van der Waals surface area (Å²) in [7, 11) is 0. The minimum Gasteiger partial charge on any atom is -0.356 e. The second-order valence-electron chi connectivity index (χ2n) is 6.84. The number of aliphatic imine (C=N–C) groups is 1. The molecule has 2 aliphatic heterocycles. The fourth-order valence-corrected chi connectivity index (χ4v) is 4.85. The van der Waals surface area contributed by atoms with Gasteiger partial charge in [-0.2, -0.15) is 0 Å². The summed E-state index contributed by atoms with van der Waals surface area (Å²) >= 11 is 3.36. The molecular weight excluding hydrogens is 390 g/mol. The number of aromatic nitrogens is 3. The number of rotatable bonds is 5. The van der Waals surface area contributed by atoms with E-state index in [9.17, 15) is 0 Å². The van der Waals surface area contributed by atoms with Gasteiger partial charge < -0.3 is 15.5 Å². The third kappa shape index (κ3) is 3.96. The molecule has 2 aromatic heterocycles. The van der Waals surface area contributed by atoms with E-state index in [4.69, 9.17) is 9.97 Å². The van der Waals surface area contributed by atoms with E-state index in [1.54, 1.807) is 23.1 Å². The zero-order chi connectivity index (χ0) is 18.8. The fraction of sp³-hybridized carbons (Fsp3) is 0.368. The lowest BCUT2D eigenvalue weighted by molar-refractivity contribution is 0.584. The molecule has 4 heterocycles. The number of nitrogens with one attached hydrogen (secondary N) is 2. The standard InChI is InChI=1S/C19H21N7S2/c1-2-14-15(27-12-22-14)7-13(1)8-16-23-17(25-19-10-21-11-28-19)9-18(24-16)26-5-3-20-4-6-26/h1-2,7,9,11-12,19-20H,3-6,8,10H2,(H,23,24,25). The molecule has 0 saturated carbocycles. The van der Waals surface area contributed by atoms with Crippen LogP contribution in [0.25, 0.3) is 10.2 Å². The van der Waals surface area contributed by atoms with Crippen LogP contribution in [0.3, 0.4) is 0 Å². The van der Waals surface area contributed by atoms with E-state index in [1.165, 1.54) is 10.3 Å². The zero-order valence-electron chi connectivity index (χ0n) is 15.3. The van der Waals surface area contributed by atoms with Gasteiger partial charge >= 0.3 is 0 Å². The Morgan fingerprint density at radius 1 is 1.18 bits per heavy atom. The quantitative estimate of drug-likeness (QED) is 0.668. The van der Waals surface area contributed by atoms with Crippen molar-refractivity contribution in [3.63, 3.8) is 0 Å². The summed E-state index contributed by atoms with van der Waals surface area (Å²) in [6.07, 6.45) is 0.705. The van der Waals surface area contributed by atoms with E-state index in [2.05, 4.69) is 49.8 Å². The van der Waals surface area contributed by atoms with Crippen LogP contribution in [0.15, 0.2) is 34.8 Å². The zero-order valence-corrected chi connectivity index (χ0v) is 17.0. The number of hydrogen-bond donors (Lipinski definition) is 2. The number of thioether (sulfide) groups is 1. The van der Waals surface area contributed by atoms with E-state index in [-0.39, 0.29) is 5.37 Å². The summed E-state index contributed by atoms with van der Waals surface area (Å²) in [4.78, 5) is 20.7. The third-order valence-electron chi connectivity index (χ3n) is 4.84. The molecule has 1 saturated heterocycles. The van der Waals surface area contributed by atoms with Crippen LogP contribution in [0.5, 0.6) is 0 Å². The van der Waals surface area contributed by atoms with E-state index in [1.807, 2.05) is 11.1 Å². The van der Waals surface area contributed by atoms with Gasteiger partial charge in [-0.1, -0.05) is 17.8 Å². The topological polar surface area (TPSA) is 78.3 Å². The van der Waals surface area contributed by atoms with E-state index in [0.717, 1.165) is 55.7 Å². The molecule has 0 spiro atoms. The summed E-state index contributed by atoms with van der Waals surface area (Å²) in [5, 5.41) is 7.15. The number of anilines is 2. The predicted octanol–water partition coefficient (Wildman–Crippen LogP) is 2.60. The molecular formula is C19H21N7S2. The van der Waals surface area contributed by atoms with Crippen LogP contribution in [0, 0.1) is 0 Å². The van der Waals surface area contributed by atoms with Crippen LogP contribution in [0.4, 0.5) is 11.6 Å². The van der Waals surface area contributed by atoms with Gasteiger partial charge in [0.15, 0.2) is 0 Å². The lowest BCUT2D eigenvalue weighted by atomic mass is 10.1. The van der Waals surface area contributed by atoms with Crippen LogP contribution < -0.4 is 15.5 Å². The highest BCUT2D eigenvalue weighted by molar-refractivity contribution is 8.13. The minimum atomic E-state index is 0.243. The summed E-state index contributed by atoms with van der Waals surface area (Å²) < 4.78 is 1.20. The largest absolute Gasteiger partial charge is 0.356 e. The molecule has 2 aliphatic rings. The van der Waals surface area contributed by atoms with Gasteiger partial charge in [0.25, 0.3) is 0 Å². The molecule has 1 atom stereocenters. The van der Waals surface area contributed by atoms with Crippen molar-refractivity contribution in [3.05, 3.63) is 41.2 Å². The molecule has 144 valence electrons. The molecule has 7 nitrogen and oxygen atoms in total. The van der Waals surface area contributed by atoms with E-state index < -0.39 is 0 Å². The summed E-state index contributed by atoms with van der Waals surface area (Å²) in [6.45, 7) is 4.66. The van der Waals surface area contributed by atoms with Crippen LogP contribution >= 0.6 is 23.1 Å². The summed E-state index contributed by atoms with van der Waals surface area (Å²) in [5.74, 6) is 2.71. The molecule has 9 heteroatoms. The maximum Gasteiger partial charge on any atom is 0.137 e. The second-order valence-corrected chi connectivity index (χ2v) is 8.77. The number of piperazine rings is 1. The Hall–Kier alpha value is -2.23. The minimum absolute atomic E-state index is 0.243. The Balaban J connectivity index is 1.43. The Bertz CT molecular complexity index is 989. The lowest BCUT2D eigenvalue weighted by Crippen LogP contribution is -2.44. The molecule has 2 N–H and O–H groups in total. The highest BCUT2D eigenvalue weighted by Gasteiger charge is 2.17. The Morgan fingerprint density at radius 2 is 2.11 bits per heavy atom. The Kier molecular flexibility index (Phi) is 5.11. The number of nitrogens with zero attached hydrogens (tertiary/aromatic N) is 5. The van der Waals surface area contributed by atoms with Crippen molar-refractivity contribution in [1.29, 1.82) is 0 Å².